The van der Waals surface area contributed by atoms with Gasteiger partial charge < -0.3 is 5.32 Å². The van der Waals surface area contributed by atoms with Crippen LogP contribution in [0.2, 0.25) is 0 Å². The molecule has 1 nitrogen and oxygen atoms in total. The number of thiophene rings is 1. The smallest absolute Gasteiger partial charge is 0.0400 e. The van der Waals surface area contributed by atoms with Crippen molar-refractivity contribution < 1.29 is 0 Å². The molecule has 0 radical (unpaired) electrons. The molecule has 74 valence electrons. The van der Waals surface area contributed by atoms with Crippen LogP contribution in [0.25, 0.3) is 0 Å². The zero-order valence-electron chi connectivity index (χ0n) is 7.73. The van der Waals surface area contributed by atoms with Crippen molar-refractivity contribution in [2.75, 3.05) is 5.88 Å². The zero-order valence-corrected chi connectivity index (χ0v) is 10.9. The highest BCUT2D eigenvalue weighted by molar-refractivity contribution is 9.10. The lowest BCUT2D eigenvalue weighted by Crippen LogP contribution is -2.40. The third kappa shape index (κ3) is 3.58. The summed E-state index contributed by atoms with van der Waals surface area (Å²) >= 11 is 11.0. The predicted molar refractivity (Wildman–Crippen MR) is 63.7 cm³/mol. The Labute approximate surface area is 96.6 Å². The molecule has 0 saturated heterocycles. The van der Waals surface area contributed by atoms with Gasteiger partial charge in [-0.1, -0.05) is 0 Å². The highest BCUT2D eigenvalue weighted by Gasteiger charge is 2.15. The predicted octanol–water partition coefficient (Wildman–Crippen LogP) is 3.62. The summed E-state index contributed by atoms with van der Waals surface area (Å²) in [5.41, 5.74) is 0.00495. The maximum atomic E-state index is 5.80. The standard InChI is InChI=1S/C9H13BrClNS/c1-9(2,6-11)12-5-8-7(10)3-4-13-8/h3-4,12H,5-6H2,1-2H3. The number of hydrogen-bond donors (Lipinski definition) is 1. The average molecular weight is 283 g/mol. The van der Waals surface area contributed by atoms with E-state index in [2.05, 4.69) is 46.5 Å². The fourth-order valence-electron chi connectivity index (χ4n) is 0.818. The first-order valence-corrected chi connectivity index (χ1v) is 6.29. The van der Waals surface area contributed by atoms with Crippen molar-refractivity contribution in [3.05, 3.63) is 20.8 Å². The van der Waals surface area contributed by atoms with Crippen LogP contribution in [0.1, 0.15) is 18.7 Å². The van der Waals surface area contributed by atoms with E-state index in [-0.39, 0.29) is 5.54 Å². The molecule has 1 aromatic heterocycles. The first-order valence-electron chi connectivity index (χ1n) is 4.08. The Hall–Kier alpha value is 0.430. The molecule has 0 amide bonds. The molecule has 0 aliphatic rings. The largest absolute Gasteiger partial charge is 0.306 e. The molecule has 0 spiro atoms. The number of alkyl halides is 1. The fourth-order valence-corrected chi connectivity index (χ4v) is 2.34. The molecule has 0 unspecified atom stereocenters. The Bertz CT molecular complexity index is 272. The normalized spacial score (nSPS) is 12.0. The van der Waals surface area contributed by atoms with Crippen LogP contribution in [0.5, 0.6) is 0 Å². The molecule has 13 heavy (non-hydrogen) atoms. The van der Waals surface area contributed by atoms with E-state index in [1.54, 1.807) is 11.3 Å². The molecule has 1 rings (SSSR count). The molecule has 0 atom stereocenters. The van der Waals surface area contributed by atoms with Gasteiger partial charge in [-0.2, -0.15) is 0 Å². The molecule has 1 aromatic rings. The molecule has 1 heterocycles. The minimum Gasteiger partial charge on any atom is -0.306 e. The van der Waals surface area contributed by atoms with E-state index in [1.165, 1.54) is 9.35 Å². The van der Waals surface area contributed by atoms with E-state index < -0.39 is 0 Å². The molecule has 0 fully saturated rings. The van der Waals surface area contributed by atoms with Gasteiger partial charge in [-0.15, -0.1) is 22.9 Å². The summed E-state index contributed by atoms with van der Waals surface area (Å²) in [5.74, 6) is 0.621. The molecular formula is C9H13BrClNS. The number of hydrogen-bond acceptors (Lipinski definition) is 2. The van der Waals surface area contributed by atoms with Gasteiger partial charge in [0.25, 0.3) is 0 Å². The SMILES string of the molecule is CC(C)(CCl)NCc1sccc1Br. The molecular weight excluding hydrogens is 270 g/mol. The van der Waals surface area contributed by atoms with Crippen LogP contribution in [-0.4, -0.2) is 11.4 Å². The first kappa shape index (κ1) is 11.5. The quantitative estimate of drug-likeness (QED) is 0.832. The molecule has 0 aliphatic carbocycles. The lowest BCUT2D eigenvalue weighted by Gasteiger charge is -2.22. The Kier molecular flexibility index (Phi) is 4.23. The summed E-state index contributed by atoms with van der Waals surface area (Å²) < 4.78 is 1.18. The van der Waals surface area contributed by atoms with E-state index in [1.807, 2.05) is 0 Å². The van der Waals surface area contributed by atoms with Gasteiger partial charge in [0.1, 0.15) is 0 Å². The van der Waals surface area contributed by atoms with Crippen molar-refractivity contribution >= 4 is 38.9 Å². The molecule has 0 saturated carbocycles. The maximum absolute atomic E-state index is 5.80. The second kappa shape index (κ2) is 4.78. The van der Waals surface area contributed by atoms with Crippen LogP contribution >= 0.6 is 38.9 Å². The van der Waals surface area contributed by atoms with Crippen molar-refractivity contribution in [2.45, 2.75) is 25.9 Å². The summed E-state index contributed by atoms with van der Waals surface area (Å²) in [6.45, 7) is 5.07. The van der Waals surface area contributed by atoms with E-state index in [0.29, 0.717) is 5.88 Å². The van der Waals surface area contributed by atoms with Crippen LogP contribution < -0.4 is 5.32 Å². The second-order valence-electron chi connectivity index (χ2n) is 3.56. The monoisotopic (exact) mass is 281 g/mol. The average Bonchev–Trinajstić information content (AvgIpc) is 2.48. The van der Waals surface area contributed by atoms with Crippen molar-refractivity contribution in [2.24, 2.45) is 0 Å². The van der Waals surface area contributed by atoms with E-state index in [0.717, 1.165) is 6.54 Å². The summed E-state index contributed by atoms with van der Waals surface area (Å²) in [7, 11) is 0. The second-order valence-corrected chi connectivity index (χ2v) is 5.69. The van der Waals surface area contributed by atoms with Crippen molar-refractivity contribution in [3.63, 3.8) is 0 Å². The van der Waals surface area contributed by atoms with Gasteiger partial charge >= 0.3 is 0 Å². The maximum Gasteiger partial charge on any atom is 0.0400 e. The zero-order chi connectivity index (χ0) is 9.90. The van der Waals surface area contributed by atoms with Gasteiger partial charge in [0, 0.05) is 27.3 Å². The minimum absolute atomic E-state index is 0.00495. The topological polar surface area (TPSA) is 12.0 Å². The number of rotatable bonds is 4. The highest BCUT2D eigenvalue weighted by Crippen LogP contribution is 2.23. The van der Waals surface area contributed by atoms with Crippen molar-refractivity contribution in [1.29, 1.82) is 0 Å². The number of nitrogens with one attached hydrogen (secondary N) is 1. The van der Waals surface area contributed by atoms with Crippen molar-refractivity contribution in [1.82, 2.24) is 5.32 Å². The lowest BCUT2D eigenvalue weighted by molar-refractivity contribution is 0.431. The minimum atomic E-state index is 0.00495. The van der Waals surface area contributed by atoms with Gasteiger partial charge in [-0.3, -0.25) is 0 Å². The van der Waals surface area contributed by atoms with Crippen LogP contribution in [-0.2, 0) is 6.54 Å². The van der Waals surface area contributed by atoms with Gasteiger partial charge in [0.15, 0.2) is 0 Å². The van der Waals surface area contributed by atoms with Gasteiger partial charge in [-0.25, -0.2) is 0 Å². The summed E-state index contributed by atoms with van der Waals surface area (Å²) in [4.78, 5) is 1.32. The Morgan fingerprint density at radius 2 is 2.31 bits per heavy atom. The van der Waals surface area contributed by atoms with E-state index >= 15 is 0 Å². The third-order valence-corrected chi connectivity index (χ3v) is 4.35. The van der Waals surface area contributed by atoms with E-state index in [9.17, 15) is 0 Å². The van der Waals surface area contributed by atoms with Gasteiger partial charge in [-0.05, 0) is 41.2 Å². The summed E-state index contributed by atoms with van der Waals surface area (Å²) in [5, 5.41) is 5.48. The lowest BCUT2D eigenvalue weighted by atomic mass is 10.1. The van der Waals surface area contributed by atoms with Crippen LogP contribution in [0, 0.1) is 0 Å². The molecule has 0 bridgehead atoms. The van der Waals surface area contributed by atoms with Gasteiger partial charge in [0.05, 0.1) is 0 Å². The van der Waals surface area contributed by atoms with Crippen LogP contribution in [0.4, 0.5) is 0 Å². The van der Waals surface area contributed by atoms with Gasteiger partial charge in [0.2, 0.25) is 0 Å². The summed E-state index contributed by atoms with van der Waals surface area (Å²) in [6, 6.07) is 2.06. The third-order valence-electron chi connectivity index (χ3n) is 1.75. The Morgan fingerprint density at radius 3 is 2.77 bits per heavy atom. The first-order chi connectivity index (χ1) is 6.05. The van der Waals surface area contributed by atoms with Crippen molar-refractivity contribution in [3.8, 4) is 0 Å². The molecule has 0 aliphatic heterocycles. The molecule has 0 aromatic carbocycles. The Morgan fingerprint density at radius 1 is 1.62 bits per heavy atom. The highest BCUT2D eigenvalue weighted by atomic mass is 79.9. The van der Waals surface area contributed by atoms with E-state index in [4.69, 9.17) is 11.6 Å². The van der Waals surface area contributed by atoms with Crippen LogP contribution in [0.3, 0.4) is 0 Å². The molecule has 4 heteroatoms. The Balaban J connectivity index is 2.48. The van der Waals surface area contributed by atoms with Crippen LogP contribution in [0.15, 0.2) is 15.9 Å². The molecule has 1 N–H and O–H groups in total. The summed E-state index contributed by atoms with van der Waals surface area (Å²) in [6.07, 6.45) is 0. The number of halogens is 2. The fraction of sp³-hybridized carbons (Fsp3) is 0.556.